The van der Waals surface area contributed by atoms with E-state index in [1.54, 1.807) is 17.8 Å². The van der Waals surface area contributed by atoms with Gasteiger partial charge < -0.3 is 15.2 Å². The highest BCUT2D eigenvalue weighted by Gasteiger charge is 2.26. The lowest BCUT2D eigenvalue weighted by molar-refractivity contribution is 0.0524. The van der Waals surface area contributed by atoms with Gasteiger partial charge in [-0.3, -0.25) is 4.68 Å². The lowest BCUT2D eigenvalue weighted by atomic mass is 9.97. The Morgan fingerprint density at radius 2 is 2.29 bits per heavy atom. The number of carbonyl (C=O) groups is 1. The Kier molecular flexibility index (Phi) is 5.76. The highest BCUT2D eigenvalue weighted by molar-refractivity contribution is 5.90. The van der Waals surface area contributed by atoms with Gasteiger partial charge in [-0.15, -0.1) is 0 Å². The maximum Gasteiger partial charge on any atom is 0.341 e. The van der Waals surface area contributed by atoms with E-state index in [1.807, 2.05) is 7.05 Å². The minimum absolute atomic E-state index is 0.270. The number of hydrogen-bond donors (Lipinski definition) is 2. The number of ether oxygens (including phenoxy) is 1. The fraction of sp³-hybridized carbons (Fsp3) is 0.733. The molecule has 0 radical (unpaired) electrons. The van der Waals surface area contributed by atoms with E-state index in [-0.39, 0.29) is 12.6 Å². The van der Waals surface area contributed by atoms with Gasteiger partial charge in [0.1, 0.15) is 5.56 Å². The lowest BCUT2D eigenvalue weighted by Gasteiger charge is -2.18. The highest BCUT2D eigenvalue weighted by atomic mass is 16.5. The molecule has 2 atom stereocenters. The SMILES string of the molecule is CCOC(=O)c1cnn(C)c1CNCC1CCCC1CO. The Labute approximate surface area is 125 Å². The smallest absolute Gasteiger partial charge is 0.341 e. The number of esters is 1. The molecule has 6 heteroatoms. The summed E-state index contributed by atoms with van der Waals surface area (Å²) < 4.78 is 6.75. The quantitative estimate of drug-likeness (QED) is 0.737. The molecule has 1 aliphatic carbocycles. The highest BCUT2D eigenvalue weighted by Crippen LogP contribution is 2.30. The zero-order chi connectivity index (χ0) is 15.2. The summed E-state index contributed by atoms with van der Waals surface area (Å²) in [6.07, 6.45) is 5.02. The van der Waals surface area contributed by atoms with E-state index in [9.17, 15) is 9.90 Å². The third-order valence-electron chi connectivity index (χ3n) is 4.31. The van der Waals surface area contributed by atoms with Crippen LogP contribution in [-0.4, -0.2) is 40.6 Å². The van der Waals surface area contributed by atoms with Gasteiger partial charge in [-0.25, -0.2) is 4.79 Å². The first-order chi connectivity index (χ1) is 10.2. The number of nitrogens with zero attached hydrogens (tertiary/aromatic N) is 2. The molecule has 0 aromatic carbocycles. The number of aliphatic hydroxyl groups excluding tert-OH is 1. The molecule has 0 bridgehead atoms. The summed E-state index contributed by atoms with van der Waals surface area (Å²) in [6.45, 7) is 3.87. The van der Waals surface area contributed by atoms with Crippen LogP contribution in [0.1, 0.15) is 42.2 Å². The fourth-order valence-corrected chi connectivity index (χ4v) is 3.05. The summed E-state index contributed by atoms with van der Waals surface area (Å²) in [7, 11) is 1.83. The Balaban J connectivity index is 1.91. The molecule has 0 spiro atoms. The molecular weight excluding hydrogens is 270 g/mol. The Morgan fingerprint density at radius 1 is 1.52 bits per heavy atom. The van der Waals surface area contributed by atoms with Gasteiger partial charge in [0.25, 0.3) is 0 Å². The largest absolute Gasteiger partial charge is 0.462 e. The number of carbonyl (C=O) groups excluding carboxylic acids is 1. The van der Waals surface area contributed by atoms with Gasteiger partial charge in [0.2, 0.25) is 0 Å². The van der Waals surface area contributed by atoms with Crippen LogP contribution in [0.3, 0.4) is 0 Å². The van der Waals surface area contributed by atoms with Gasteiger partial charge in [0.05, 0.1) is 18.5 Å². The monoisotopic (exact) mass is 295 g/mol. The van der Waals surface area contributed by atoms with Gasteiger partial charge in [0.15, 0.2) is 0 Å². The molecule has 2 unspecified atom stereocenters. The second kappa shape index (κ2) is 7.56. The molecule has 118 valence electrons. The van der Waals surface area contributed by atoms with Gasteiger partial charge >= 0.3 is 5.97 Å². The van der Waals surface area contributed by atoms with E-state index >= 15 is 0 Å². The molecule has 1 heterocycles. The second-order valence-electron chi connectivity index (χ2n) is 5.61. The number of aromatic nitrogens is 2. The van der Waals surface area contributed by atoms with Crippen LogP contribution in [0.5, 0.6) is 0 Å². The van der Waals surface area contributed by atoms with Crippen LogP contribution in [-0.2, 0) is 18.3 Å². The molecule has 2 rings (SSSR count). The third-order valence-corrected chi connectivity index (χ3v) is 4.31. The number of rotatable bonds is 7. The fourth-order valence-electron chi connectivity index (χ4n) is 3.05. The van der Waals surface area contributed by atoms with Gasteiger partial charge in [-0.1, -0.05) is 6.42 Å². The van der Waals surface area contributed by atoms with Crippen LogP contribution in [0.4, 0.5) is 0 Å². The van der Waals surface area contributed by atoms with Crippen molar-refractivity contribution in [2.24, 2.45) is 18.9 Å². The van der Waals surface area contributed by atoms with E-state index < -0.39 is 0 Å². The van der Waals surface area contributed by atoms with E-state index in [1.165, 1.54) is 6.42 Å². The van der Waals surface area contributed by atoms with Crippen molar-refractivity contribution >= 4 is 5.97 Å². The van der Waals surface area contributed by atoms with Crippen LogP contribution < -0.4 is 5.32 Å². The molecule has 1 aromatic rings. The van der Waals surface area contributed by atoms with Crippen LogP contribution in [0.2, 0.25) is 0 Å². The molecule has 0 amide bonds. The van der Waals surface area contributed by atoms with Crippen molar-refractivity contribution in [2.45, 2.75) is 32.7 Å². The summed E-state index contributed by atoms with van der Waals surface area (Å²) in [5.74, 6) is 0.610. The maximum absolute atomic E-state index is 11.9. The number of aryl methyl sites for hydroxylation is 1. The van der Waals surface area contributed by atoms with Crippen molar-refractivity contribution in [1.29, 1.82) is 0 Å². The average molecular weight is 295 g/mol. The molecule has 0 aliphatic heterocycles. The minimum atomic E-state index is -0.323. The third kappa shape index (κ3) is 3.83. The van der Waals surface area contributed by atoms with Crippen molar-refractivity contribution in [3.8, 4) is 0 Å². The molecular formula is C15H25N3O3. The van der Waals surface area contributed by atoms with Gasteiger partial charge in [0, 0.05) is 20.2 Å². The first-order valence-corrected chi connectivity index (χ1v) is 7.66. The number of aliphatic hydroxyl groups is 1. The predicted octanol–water partition coefficient (Wildman–Crippen LogP) is 1.09. The van der Waals surface area contributed by atoms with Crippen LogP contribution in [0.25, 0.3) is 0 Å². The van der Waals surface area contributed by atoms with Crippen molar-refractivity contribution in [3.05, 3.63) is 17.5 Å². The molecule has 0 saturated heterocycles. The predicted molar refractivity (Wildman–Crippen MR) is 78.8 cm³/mol. The molecule has 6 nitrogen and oxygen atoms in total. The molecule has 1 saturated carbocycles. The topological polar surface area (TPSA) is 76.4 Å². The van der Waals surface area contributed by atoms with Gasteiger partial charge in [-0.05, 0) is 38.1 Å². The zero-order valence-electron chi connectivity index (χ0n) is 12.8. The summed E-state index contributed by atoms with van der Waals surface area (Å²) >= 11 is 0. The Hall–Kier alpha value is -1.40. The normalized spacial score (nSPS) is 21.7. The lowest BCUT2D eigenvalue weighted by Crippen LogP contribution is -2.27. The van der Waals surface area contributed by atoms with Crippen LogP contribution in [0.15, 0.2) is 6.20 Å². The molecule has 21 heavy (non-hydrogen) atoms. The summed E-state index contributed by atoms with van der Waals surface area (Å²) in [5.41, 5.74) is 1.36. The maximum atomic E-state index is 11.9. The van der Waals surface area contributed by atoms with Crippen molar-refractivity contribution in [2.75, 3.05) is 19.8 Å². The summed E-state index contributed by atoms with van der Waals surface area (Å²) in [5, 5.41) is 16.9. The van der Waals surface area contributed by atoms with Crippen molar-refractivity contribution < 1.29 is 14.6 Å². The standard InChI is InChI=1S/C15H25N3O3/c1-3-21-15(20)13-8-17-18(2)14(13)9-16-7-11-5-4-6-12(11)10-19/h8,11-12,16,19H,3-7,9-10H2,1-2H3. The summed E-state index contributed by atoms with van der Waals surface area (Å²) in [6, 6.07) is 0. The molecule has 1 aliphatic rings. The molecule has 2 N–H and O–H groups in total. The van der Waals surface area contributed by atoms with Gasteiger partial charge in [-0.2, -0.15) is 5.10 Å². The Morgan fingerprint density at radius 3 is 3.00 bits per heavy atom. The molecule has 1 aromatic heterocycles. The Bertz CT molecular complexity index is 473. The van der Waals surface area contributed by atoms with E-state index in [2.05, 4.69) is 10.4 Å². The second-order valence-corrected chi connectivity index (χ2v) is 5.61. The van der Waals surface area contributed by atoms with E-state index in [0.717, 1.165) is 25.1 Å². The van der Waals surface area contributed by atoms with E-state index in [0.29, 0.717) is 30.6 Å². The summed E-state index contributed by atoms with van der Waals surface area (Å²) in [4.78, 5) is 11.9. The average Bonchev–Trinajstić information content (AvgIpc) is 3.06. The first kappa shape index (κ1) is 16.0. The van der Waals surface area contributed by atoms with Crippen LogP contribution >= 0.6 is 0 Å². The number of hydrogen-bond acceptors (Lipinski definition) is 5. The zero-order valence-corrected chi connectivity index (χ0v) is 12.8. The minimum Gasteiger partial charge on any atom is -0.462 e. The van der Waals surface area contributed by atoms with E-state index in [4.69, 9.17) is 4.74 Å². The molecule has 1 fully saturated rings. The van der Waals surface area contributed by atoms with Crippen molar-refractivity contribution in [1.82, 2.24) is 15.1 Å². The number of nitrogens with one attached hydrogen (secondary N) is 1. The van der Waals surface area contributed by atoms with Crippen molar-refractivity contribution in [3.63, 3.8) is 0 Å². The van der Waals surface area contributed by atoms with Crippen LogP contribution in [0, 0.1) is 11.8 Å². The first-order valence-electron chi connectivity index (χ1n) is 7.66.